The van der Waals surface area contributed by atoms with Gasteiger partial charge >= 0.3 is 6.09 Å². The maximum absolute atomic E-state index is 13.0. The van der Waals surface area contributed by atoms with Crippen molar-refractivity contribution in [3.05, 3.63) is 47.4 Å². The number of anilines is 2. The molecule has 0 atom stereocenters. The molecule has 202 valence electrons. The Bertz CT molecular complexity index is 1330. The van der Waals surface area contributed by atoms with Crippen LogP contribution in [0.3, 0.4) is 0 Å². The summed E-state index contributed by atoms with van der Waals surface area (Å²) in [6, 6.07) is 7.04. The number of fused-ring (bicyclic) bond motifs is 2. The SMILES string of the molecule is Cn1cc(-c2ccc3c(c2)CCCN3c2nn(C3CCOCC3)c3c2CN(C(=O)OC(C)(C)C)CC3)cn1. The van der Waals surface area contributed by atoms with E-state index in [9.17, 15) is 4.79 Å². The molecule has 38 heavy (non-hydrogen) atoms. The highest BCUT2D eigenvalue weighted by Gasteiger charge is 2.35. The second kappa shape index (κ2) is 9.76. The van der Waals surface area contributed by atoms with Crippen LogP contribution in [-0.2, 0) is 35.9 Å². The number of carbonyl (C=O) groups is 1. The molecule has 0 aliphatic carbocycles. The van der Waals surface area contributed by atoms with Gasteiger partial charge in [-0.25, -0.2) is 4.79 Å². The predicted octanol–water partition coefficient (Wildman–Crippen LogP) is 5.01. The van der Waals surface area contributed by atoms with Gasteiger partial charge in [0, 0.05) is 68.5 Å². The summed E-state index contributed by atoms with van der Waals surface area (Å²) >= 11 is 0. The van der Waals surface area contributed by atoms with Crippen molar-refractivity contribution >= 4 is 17.6 Å². The van der Waals surface area contributed by atoms with E-state index in [2.05, 4.69) is 39.1 Å². The lowest BCUT2D eigenvalue weighted by molar-refractivity contribution is 0.0221. The minimum absolute atomic E-state index is 0.256. The lowest BCUT2D eigenvalue weighted by Crippen LogP contribution is -2.40. The molecule has 9 heteroatoms. The van der Waals surface area contributed by atoms with Gasteiger partial charge in [0.15, 0.2) is 5.82 Å². The smallest absolute Gasteiger partial charge is 0.410 e. The van der Waals surface area contributed by atoms with Crippen LogP contribution < -0.4 is 4.90 Å². The fraction of sp³-hybridized carbons (Fsp3) is 0.552. The van der Waals surface area contributed by atoms with Crippen LogP contribution >= 0.6 is 0 Å². The Labute approximate surface area is 224 Å². The third-order valence-electron chi connectivity index (χ3n) is 7.75. The maximum atomic E-state index is 13.0. The number of ether oxygens (including phenoxy) is 2. The third kappa shape index (κ3) is 4.79. The van der Waals surface area contributed by atoms with Crippen molar-refractivity contribution in [2.75, 3.05) is 31.2 Å². The van der Waals surface area contributed by atoms with E-state index in [0.717, 1.165) is 68.8 Å². The van der Waals surface area contributed by atoms with Crippen molar-refractivity contribution in [2.45, 2.75) is 71.1 Å². The van der Waals surface area contributed by atoms with Gasteiger partial charge < -0.3 is 19.3 Å². The van der Waals surface area contributed by atoms with Crippen molar-refractivity contribution in [2.24, 2.45) is 7.05 Å². The number of hydrogen-bond acceptors (Lipinski definition) is 6. The van der Waals surface area contributed by atoms with Crippen molar-refractivity contribution < 1.29 is 14.3 Å². The normalized spacial score (nSPS) is 18.3. The van der Waals surface area contributed by atoms with Gasteiger partial charge in [0.1, 0.15) is 5.60 Å². The number of aryl methyl sites for hydroxylation is 2. The average Bonchev–Trinajstić information content (AvgIpc) is 3.51. The summed E-state index contributed by atoms with van der Waals surface area (Å²) in [5.41, 5.74) is 6.73. The monoisotopic (exact) mass is 518 g/mol. The summed E-state index contributed by atoms with van der Waals surface area (Å²) in [5.74, 6) is 0.981. The molecule has 3 aliphatic rings. The van der Waals surface area contributed by atoms with Crippen molar-refractivity contribution in [1.82, 2.24) is 24.5 Å². The first-order valence-corrected chi connectivity index (χ1v) is 13.8. The number of nitrogens with zero attached hydrogens (tertiary/aromatic N) is 6. The van der Waals surface area contributed by atoms with Gasteiger partial charge in [0.05, 0.1) is 18.8 Å². The van der Waals surface area contributed by atoms with E-state index in [1.807, 2.05) is 43.6 Å². The molecule has 9 nitrogen and oxygen atoms in total. The van der Waals surface area contributed by atoms with E-state index in [1.165, 1.54) is 22.5 Å². The Morgan fingerprint density at radius 2 is 1.92 bits per heavy atom. The molecule has 3 aromatic rings. The first-order valence-electron chi connectivity index (χ1n) is 13.8. The Kier molecular flexibility index (Phi) is 6.42. The van der Waals surface area contributed by atoms with Crippen molar-refractivity contribution in [1.29, 1.82) is 0 Å². The van der Waals surface area contributed by atoms with Crippen LogP contribution in [-0.4, -0.2) is 62.5 Å². The van der Waals surface area contributed by atoms with E-state index >= 15 is 0 Å². The first-order chi connectivity index (χ1) is 18.3. The van der Waals surface area contributed by atoms with E-state index in [4.69, 9.17) is 14.6 Å². The molecule has 1 amide bonds. The number of aromatic nitrogens is 4. The molecule has 3 aliphatic heterocycles. The van der Waals surface area contributed by atoms with Crippen LogP contribution in [0.25, 0.3) is 11.1 Å². The summed E-state index contributed by atoms with van der Waals surface area (Å²) in [7, 11) is 1.95. The molecule has 0 spiro atoms. The number of rotatable bonds is 3. The highest BCUT2D eigenvalue weighted by atomic mass is 16.6. The largest absolute Gasteiger partial charge is 0.444 e. The third-order valence-corrected chi connectivity index (χ3v) is 7.75. The van der Waals surface area contributed by atoms with Gasteiger partial charge in [0.2, 0.25) is 0 Å². The molecule has 2 aromatic heterocycles. The van der Waals surface area contributed by atoms with Gasteiger partial charge in [-0.3, -0.25) is 9.36 Å². The molecule has 0 saturated carbocycles. The average molecular weight is 519 g/mol. The van der Waals surface area contributed by atoms with Gasteiger partial charge in [-0.15, -0.1) is 0 Å². The molecule has 0 unspecified atom stereocenters. The van der Waals surface area contributed by atoms with Crippen molar-refractivity contribution in [3.63, 3.8) is 0 Å². The molecule has 1 fully saturated rings. The first kappa shape index (κ1) is 25.0. The van der Waals surface area contributed by atoms with E-state index in [0.29, 0.717) is 19.1 Å². The summed E-state index contributed by atoms with van der Waals surface area (Å²) < 4.78 is 15.5. The van der Waals surface area contributed by atoms with E-state index < -0.39 is 5.60 Å². The lowest BCUT2D eigenvalue weighted by atomic mass is 9.96. The zero-order chi connectivity index (χ0) is 26.4. The van der Waals surface area contributed by atoms with Crippen LogP contribution in [0.15, 0.2) is 30.6 Å². The predicted molar refractivity (Wildman–Crippen MR) is 146 cm³/mol. The standard InChI is InChI=1S/C29H38N6O3/c1-29(2,3)38-28(36)33-13-9-26-24(19-33)27(31-35(26)23-10-14-37-15-11-23)34-12-5-6-21-16-20(7-8-25(21)34)22-17-30-32(4)18-22/h7-8,16-18,23H,5-6,9-15,19H2,1-4H3. The molecule has 5 heterocycles. The Morgan fingerprint density at radius 1 is 1.11 bits per heavy atom. The van der Waals surface area contributed by atoms with Gasteiger partial charge in [-0.2, -0.15) is 10.2 Å². The highest BCUT2D eigenvalue weighted by molar-refractivity contribution is 5.75. The van der Waals surface area contributed by atoms with Gasteiger partial charge in [-0.05, 0) is 69.7 Å². The van der Waals surface area contributed by atoms with Crippen LogP contribution in [0.5, 0.6) is 0 Å². The Morgan fingerprint density at radius 3 is 2.66 bits per heavy atom. The van der Waals surface area contributed by atoms with Gasteiger partial charge in [-0.1, -0.05) is 6.07 Å². The Hall–Kier alpha value is -3.33. The van der Waals surface area contributed by atoms with Gasteiger partial charge in [0.25, 0.3) is 0 Å². The number of amides is 1. The molecular weight excluding hydrogens is 480 g/mol. The lowest BCUT2D eigenvalue weighted by Gasteiger charge is -2.33. The van der Waals surface area contributed by atoms with Crippen molar-refractivity contribution in [3.8, 4) is 11.1 Å². The van der Waals surface area contributed by atoms with Crippen LogP contribution in [0.2, 0.25) is 0 Å². The molecule has 1 aromatic carbocycles. The highest BCUT2D eigenvalue weighted by Crippen LogP contribution is 2.40. The molecule has 0 N–H and O–H groups in total. The minimum atomic E-state index is -0.524. The summed E-state index contributed by atoms with van der Waals surface area (Å²) in [4.78, 5) is 17.2. The van der Waals surface area contributed by atoms with E-state index in [-0.39, 0.29) is 6.09 Å². The van der Waals surface area contributed by atoms with Crippen LogP contribution in [0, 0.1) is 0 Å². The second-order valence-corrected chi connectivity index (χ2v) is 11.7. The summed E-state index contributed by atoms with van der Waals surface area (Å²) in [6.45, 7) is 9.34. The zero-order valence-corrected chi connectivity index (χ0v) is 22.9. The Balaban J connectivity index is 1.37. The fourth-order valence-corrected chi connectivity index (χ4v) is 5.93. The molecule has 0 bridgehead atoms. The van der Waals surface area contributed by atoms with Crippen LogP contribution in [0.4, 0.5) is 16.3 Å². The summed E-state index contributed by atoms with van der Waals surface area (Å²) in [5, 5.41) is 9.63. The fourth-order valence-electron chi connectivity index (χ4n) is 5.93. The van der Waals surface area contributed by atoms with E-state index in [1.54, 1.807) is 0 Å². The second-order valence-electron chi connectivity index (χ2n) is 11.7. The minimum Gasteiger partial charge on any atom is -0.444 e. The number of benzene rings is 1. The maximum Gasteiger partial charge on any atom is 0.410 e. The molecule has 6 rings (SSSR count). The number of carbonyl (C=O) groups excluding carboxylic acids is 1. The molecule has 1 saturated heterocycles. The van der Waals surface area contributed by atoms with Crippen LogP contribution in [0.1, 0.15) is 62.9 Å². The molecule has 0 radical (unpaired) electrons. The molecular formula is C29H38N6O3. The quantitative estimate of drug-likeness (QED) is 0.485. The topological polar surface area (TPSA) is 77.7 Å². The number of hydrogen-bond donors (Lipinski definition) is 0. The summed E-state index contributed by atoms with van der Waals surface area (Å²) in [6.07, 6.45) is 8.51. The zero-order valence-electron chi connectivity index (χ0n) is 22.9.